The van der Waals surface area contributed by atoms with E-state index in [2.05, 4.69) is 37.1 Å². The molecule has 0 radical (unpaired) electrons. The maximum atomic E-state index is 4.54. The summed E-state index contributed by atoms with van der Waals surface area (Å²) >= 11 is 4.05. The summed E-state index contributed by atoms with van der Waals surface area (Å²) in [5, 5.41) is 3.11. The number of hydrogen-bond acceptors (Lipinski definition) is 2. The van der Waals surface area contributed by atoms with Crippen LogP contribution in [0, 0.1) is 0 Å². The topological polar surface area (TPSA) is 38.0 Å². The highest BCUT2D eigenvalue weighted by Crippen LogP contribution is 1.47. The molecule has 0 saturated heterocycles. The summed E-state index contributed by atoms with van der Waals surface area (Å²) in [5.41, 5.74) is 5.62. The van der Waals surface area contributed by atoms with Crippen molar-refractivity contribution in [1.82, 2.24) is 5.32 Å². The van der Waals surface area contributed by atoms with E-state index in [-0.39, 0.29) is 0 Å². The van der Waals surface area contributed by atoms with Crippen LogP contribution in [-0.4, -0.2) is 18.6 Å². The molecule has 0 aliphatic carbocycles. The monoisotopic (exact) mass is 134 g/mol. The average Bonchev–Trinajstić information content (AvgIpc) is 1.71. The highest BCUT2D eigenvalue weighted by molar-refractivity contribution is 7.78. The molecule has 0 bridgehead atoms. The van der Waals surface area contributed by atoms with Crippen LogP contribution in [0.15, 0.2) is 0 Å². The molecule has 2 nitrogen and oxygen atoms in total. The summed E-state index contributed by atoms with van der Waals surface area (Å²) in [6, 6.07) is 0. The Morgan fingerprint density at radius 3 is 1.75 bits per heavy atom. The fraction of sp³-hybridized carbons (Fsp3) is 0.800. The minimum Gasteiger partial charge on any atom is -0.396 e. The van der Waals surface area contributed by atoms with Gasteiger partial charge in [0, 0.05) is 0 Å². The van der Waals surface area contributed by atoms with Crippen molar-refractivity contribution < 1.29 is 0 Å². The average molecular weight is 134 g/mol. The first kappa shape index (κ1) is 10.8. The van der Waals surface area contributed by atoms with Gasteiger partial charge in [-0.25, -0.2) is 0 Å². The van der Waals surface area contributed by atoms with E-state index in [9.17, 15) is 0 Å². The Labute approximate surface area is 56.5 Å². The van der Waals surface area contributed by atoms with E-state index in [1.54, 1.807) is 0 Å². The lowest BCUT2D eigenvalue weighted by atomic mass is 10.7. The lowest BCUT2D eigenvalue weighted by Gasteiger charge is -1.86. The molecular formula is C5H14N2S. The molecule has 50 valence electrons. The van der Waals surface area contributed by atoms with Crippen molar-refractivity contribution in [3.63, 3.8) is 0 Å². The normalized spacial score (nSPS) is 6.75. The number of hydrogen-bond donors (Lipinski definition) is 2. The van der Waals surface area contributed by atoms with Crippen LogP contribution < -0.4 is 11.1 Å². The van der Waals surface area contributed by atoms with E-state index in [0.29, 0.717) is 0 Å². The predicted molar refractivity (Wildman–Crippen MR) is 42.1 cm³/mol. The van der Waals surface area contributed by atoms with Gasteiger partial charge in [-0.05, 0) is 13.1 Å². The van der Waals surface area contributed by atoms with Crippen molar-refractivity contribution in [2.45, 2.75) is 13.8 Å². The van der Waals surface area contributed by atoms with Gasteiger partial charge in [-0.2, -0.15) is 0 Å². The molecule has 3 N–H and O–H groups in total. The van der Waals surface area contributed by atoms with E-state index in [0.717, 1.165) is 18.6 Å². The Balaban J connectivity index is 0. The van der Waals surface area contributed by atoms with Gasteiger partial charge < -0.3 is 11.1 Å². The van der Waals surface area contributed by atoms with E-state index >= 15 is 0 Å². The molecule has 0 fully saturated rings. The minimum absolute atomic E-state index is 1.08. The third kappa shape index (κ3) is 40.2. The molecule has 8 heavy (non-hydrogen) atoms. The molecule has 0 amide bonds. The van der Waals surface area contributed by atoms with Crippen LogP contribution >= 0.6 is 12.2 Å². The largest absolute Gasteiger partial charge is 0.396 e. The first-order chi connectivity index (χ1) is 3.83. The van der Waals surface area contributed by atoms with E-state index < -0.39 is 0 Å². The Morgan fingerprint density at radius 2 is 1.75 bits per heavy atom. The number of thiocarbonyl (C=S) groups is 1. The summed E-state index contributed by atoms with van der Waals surface area (Å²) < 4.78 is 0. The third-order valence-electron chi connectivity index (χ3n) is 0.500. The summed E-state index contributed by atoms with van der Waals surface area (Å²) in [6.45, 7) is 6.39. The lowest BCUT2D eigenvalue weighted by Crippen LogP contribution is -2.09. The zero-order chi connectivity index (χ0) is 6.83. The second-order valence-electron chi connectivity index (χ2n) is 1.09. The Kier molecular flexibility index (Phi) is 21.3. The molecule has 0 aromatic rings. The van der Waals surface area contributed by atoms with Crippen molar-refractivity contribution in [3.05, 3.63) is 0 Å². The van der Waals surface area contributed by atoms with Crippen LogP contribution in [0.25, 0.3) is 0 Å². The summed E-state index contributed by atoms with van der Waals surface area (Å²) in [7, 11) is 0. The lowest BCUT2D eigenvalue weighted by molar-refractivity contribution is 0.762. The molecule has 0 atom stereocenters. The Morgan fingerprint density at radius 1 is 1.50 bits per heavy atom. The first-order valence-electron chi connectivity index (χ1n) is 2.69. The zero-order valence-electron chi connectivity index (χ0n) is 5.48. The molecule has 3 heteroatoms. The molecule has 0 spiro atoms. The first-order valence-corrected chi connectivity index (χ1v) is 3.16. The second-order valence-corrected chi connectivity index (χ2v) is 1.37. The van der Waals surface area contributed by atoms with Crippen LogP contribution in [0.4, 0.5) is 0 Å². The molecule has 0 aliphatic rings. The maximum absolute atomic E-state index is 4.54. The van der Waals surface area contributed by atoms with Gasteiger partial charge in [-0.15, -0.1) is 0 Å². The van der Waals surface area contributed by atoms with Crippen LogP contribution in [0.1, 0.15) is 13.8 Å². The van der Waals surface area contributed by atoms with Crippen LogP contribution in [0.2, 0.25) is 0 Å². The Hall–Kier alpha value is -0.150. The quantitative estimate of drug-likeness (QED) is 0.541. The molecule has 0 rings (SSSR count). The van der Waals surface area contributed by atoms with Gasteiger partial charge in [0.1, 0.15) is 0 Å². The fourth-order valence-electron chi connectivity index (χ4n) is 0.250. The van der Waals surface area contributed by atoms with Crippen molar-refractivity contribution in [2.75, 3.05) is 13.1 Å². The van der Waals surface area contributed by atoms with Crippen LogP contribution in [0.5, 0.6) is 0 Å². The molecule has 0 aromatic carbocycles. The number of rotatable bonds is 2. The van der Waals surface area contributed by atoms with Gasteiger partial charge in [-0.3, -0.25) is 0 Å². The number of nitrogens with two attached hydrogens (primary N) is 1. The van der Waals surface area contributed by atoms with E-state index in [4.69, 9.17) is 0 Å². The minimum atomic E-state index is 1.08. The smallest absolute Gasteiger partial charge is 0.0588 e. The van der Waals surface area contributed by atoms with Crippen molar-refractivity contribution in [3.8, 4) is 0 Å². The highest BCUT2D eigenvalue weighted by Gasteiger charge is 1.62. The molecule has 0 aromatic heterocycles. The summed E-state index contributed by atoms with van der Waals surface area (Å²) in [6.07, 6.45) is 0. The molecule has 0 heterocycles. The SMILES string of the molecule is CCNCC.NC=S. The van der Waals surface area contributed by atoms with Gasteiger partial charge in [0.15, 0.2) is 0 Å². The maximum Gasteiger partial charge on any atom is 0.0588 e. The second kappa shape index (κ2) is 15.8. The highest BCUT2D eigenvalue weighted by atomic mass is 32.1. The third-order valence-corrected chi connectivity index (χ3v) is 0.500. The predicted octanol–water partition coefficient (Wildman–Crippen LogP) is 0.518. The van der Waals surface area contributed by atoms with E-state index in [1.165, 1.54) is 0 Å². The van der Waals surface area contributed by atoms with Crippen LogP contribution in [-0.2, 0) is 0 Å². The van der Waals surface area contributed by atoms with Gasteiger partial charge >= 0.3 is 0 Å². The molecule has 0 saturated carbocycles. The Bertz CT molecular complexity index is 37.4. The zero-order valence-corrected chi connectivity index (χ0v) is 6.29. The summed E-state index contributed by atoms with van der Waals surface area (Å²) in [5.74, 6) is 0. The van der Waals surface area contributed by atoms with Gasteiger partial charge in [0.25, 0.3) is 0 Å². The van der Waals surface area contributed by atoms with Gasteiger partial charge in [0.2, 0.25) is 0 Å². The number of nitrogens with one attached hydrogen (secondary N) is 1. The van der Waals surface area contributed by atoms with Crippen molar-refractivity contribution in [1.29, 1.82) is 0 Å². The fourth-order valence-corrected chi connectivity index (χ4v) is 0.250. The molecule has 0 unspecified atom stereocenters. The summed E-state index contributed by atoms with van der Waals surface area (Å²) in [4.78, 5) is 0. The van der Waals surface area contributed by atoms with Crippen molar-refractivity contribution in [2.24, 2.45) is 5.73 Å². The molecular weight excluding hydrogens is 120 g/mol. The molecule has 0 aliphatic heterocycles. The van der Waals surface area contributed by atoms with Crippen molar-refractivity contribution >= 4 is 17.7 Å². The van der Waals surface area contributed by atoms with E-state index in [1.807, 2.05) is 0 Å². The van der Waals surface area contributed by atoms with Gasteiger partial charge in [0.05, 0.1) is 5.49 Å². The van der Waals surface area contributed by atoms with Gasteiger partial charge in [-0.1, -0.05) is 26.1 Å². The van der Waals surface area contributed by atoms with Crippen LogP contribution in [0.3, 0.4) is 0 Å². The standard InChI is InChI=1S/C4H11N.CH3NS/c1-3-5-4-2;2-1-3/h5H,3-4H2,1-2H3;1H,(H2,2,3).